The third-order valence-corrected chi connectivity index (χ3v) is 6.26. The number of pyridine rings is 1. The molecular weight excluding hydrogens is 449 g/mol. The summed E-state index contributed by atoms with van der Waals surface area (Å²) in [4.78, 5) is 23.5. The second kappa shape index (κ2) is 9.73. The van der Waals surface area contributed by atoms with Gasteiger partial charge in [-0.05, 0) is 54.2 Å². The molecule has 2 amide bonds. The van der Waals surface area contributed by atoms with E-state index in [9.17, 15) is 4.79 Å². The molecule has 1 saturated heterocycles. The number of carbonyl (C=O) groups is 1. The lowest BCUT2D eigenvalue weighted by Gasteiger charge is -2.32. The minimum Gasteiger partial charge on any atom is -0.366 e. The van der Waals surface area contributed by atoms with Crippen LogP contribution in [0.2, 0.25) is 5.02 Å². The van der Waals surface area contributed by atoms with E-state index in [-0.39, 0.29) is 11.9 Å². The molecule has 4 heterocycles. The highest BCUT2D eigenvalue weighted by molar-refractivity contribution is 6.36. The van der Waals surface area contributed by atoms with E-state index in [0.717, 1.165) is 35.6 Å². The normalized spacial score (nSPS) is 14.3. The van der Waals surface area contributed by atoms with Crippen molar-refractivity contribution in [3.8, 4) is 0 Å². The Hall–Kier alpha value is -3.59. The molecule has 10 heteroatoms. The van der Waals surface area contributed by atoms with Crippen LogP contribution in [-0.4, -0.2) is 51.4 Å². The number of nitrogens with zero attached hydrogens (tertiary/aromatic N) is 5. The first-order valence-corrected chi connectivity index (χ1v) is 11.5. The number of amides is 2. The first-order chi connectivity index (χ1) is 16.6. The zero-order valence-corrected chi connectivity index (χ0v) is 19.2. The number of carbonyl (C=O) groups excluding carboxylic acids is 1. The van der Waals surface area contributed by atoms with Crippen LogP contribution in [0.4, 0.5) is 16.3 Å². The Morgan fingerprint density at radius 2 is 1.94 bits per heavy atom. The smallest absolute Gasteiger partial charge is 0.321 e. The highest BCUT2D eigenvalue weighted by Crippen LogP contribution is 2.29. The number of fused-ring (bicyclic) bond motifs is 1. The summed E-state index contributed by atoms with van der Waals surface area (Å²) in [5.74, 6) is 1.04. The Morgan fingerprint density at radius 3 is 2.68 bits per heavy atom. The molecule has 34 heavy (non-hydrogen) atoms. The molecule has 0 bridgehead atoms. The van der Waals surface area contributed by atoms with Gasteiger partial charge in [0.25, 0.3) is 0 Å². The predicted octanol–water partition coefficient (Wildman–Crippen LogP) is 3.60. The lowest BCUT2D eigenvalue weighted by Crippen LogP contribution is -2.40. The minimum absolute atomic E-state index is 0.108. The van der Waals surface area contributed by atoms with Crippen molar-refractivity contribution < 1.29 is 4.79 Å². The Bertz CT molecular complexity index is 1290. The van der Waals surface area contributed by atoms with Crippen molar-refractivity contribution in [1.82, 2.24) is 24.5 Å². The van der Waals surface area contributed by atoms with Crippen LogP contribution in [0.5, 0.6) is 0 Å². The van der Waals surface area contributed by atoms with Crippen LogP contribution in [0.25, 0.3) is 5.65 Å². The van der Waals surface area contributed by atoms with Gasteiger partial charge in [0.2, 0.25) is 0 Å². The summed E-state index contributed by atoms with van der Waals surface area (Å²) >= 11 is 5.92. The number of rotatable bonds is 5. The van der Waals surface area contributed by atoms with E-state index in [4.69, 9.17) is 24.4 Å². The maximum atomic E-state index is 12.7. The van der Waals surface area contributed by atoms with E-state index in [2.05, 4.69) is 20.7 Å². The third kappa shape index (κ3) is 4.84. The first kappa shape index (κ1) is 22.2. The maximum absolute atomic E-state index is 12.7. The van der Waals surface area contributed by atoms with Crippen LogP contribution in [0, 0.1) is 0 Å². The number of piperidine rings is 1. The van der Waals surface area contributed by atoms with Crippen LogP contribution < -0.4 is 16.1 Å². The summed E-state index contributed by atoms with van der Waals surface area (Å²) in [5, 5.41) is 11.4. The summed E-state index contributed by atoms with van der Waals surface area (Å²) < 4.78 is 1.73. The van der Waals surface area contributed by atoms with Crippen molar-refractivity contribution in [2.24, 2.45) is 0 Å². The molecule has 0 aliphatic carbocycles. The molecule has 2 radical (unpaired) electrons. The van der Waals surface area contributed by atoms with E-state index in [1.807, 2.05) is 29.3 Å². The molecule has 4 aromatic rings. The number of urea groups is 1. The molecule has 1 aliphatic heterocycles. The SMILES string of the molecule is [B]c1cnn2c(NCc3cccnc3)cc(C3CCN(C(=O)Nc4ccc(Cl)cc4)CC3)nc12. The Balaban J connectivity index is 1.28. The number of benzene rings is 1. The first-order valence-electron chi connectivity index (χ1n) is 11.2. The zero-order chi connectivity index (χ0) is 23.5. The van der Waals surface area contributed by atoms with Crippen LogP contribution in [0.3, 0.4) is 0 Å². The second-order valence-corrected chi connectivity index (χ2v) is 8.75. The summed E-state index contributed by atoms with van der Waals surface area (Å²) in [5.41, 5.74) is 3.91. The zero-order valence-electron chi connectivity index (χ0n) is 18.5. The van der Waals surface area contributed by atoms with Crippen molar-refractivity contribution >= 4 is 48.1 Å². The van der Waals surface area contributed by atoms with Crippen molar-refractivity contribution in [2.75, 3.05) is 23.7 Å². The fourth-order valence-electron chi connectivity index (χ4n) is 4.14. The lowest BCUT2D eigenvalue weighted by molar-refractivity contribution is 0.194. The maximum Gasteiger partial charge on any atom is 0.321 e. The number of hydrogen-bond donors (Lipinski definition) is 2. The van der Waals surface area contributed by atoms with Gasteiger partial charge in [-0.15, -0.1) is 0 Å². The Kier molecular flexibility index (Phi) is 6.36. The summed E-state index contributed by atoms with van der Waals surface area (Å²) in [7, 11) is 6.14. The largest absolute Gasteiger partial charge is 0.366 e. The molecule has 1 fully saturated rings. The molecule has 3 aromatic heterocycles. The summed E-state index contributed by atoms with van der Waals surface area (Å²) in [6.07, 6.45) is 6.82. The number of hydrogen-bond acceptors (Lipinski definition) is 5. The summed E-state index contributed by atoms with van der Waals surface area (Å²) in [6, 6.07) is 13.0. The van der Waals surface area contributed by atoms with Crippen molar-refractivity contribution in [3.63, 3.8) is 0 Å². The van der Waals surface area contributed by atoms with Gasteiger partial charge in [0, 0.05) is 66.6 Å². The predicted molar refractivity (Wildman–Crippen MR) is 134 cm³/mol. The molecule has 0 saturated carbocycles. The van der Waals surface area contributed by atoms with Crippen LogP contribution >= 0.6 is 11.6 Å². The molecule has 0 unspecified atom stereocenters. The van der Waals surface area contributed by atoms with E-state index in [1.165, 1.54) is 0 Å². The molecule has 170 valence electrons. The van der Waals surface area contributed by atoms with Gasteiger partial charge in [0.05, 0.1) is 0 Å². The molecule has 8 nitrogen and oxygen atoms in total. The highest BCUT2D eigenvalue weighted by Gasteiger charge is 2.26. The Morgan fingerprint density at radius 1 is 1.15 bits per heavy atom. The molecule has 1 aromatic carbocycles. The number of halogens is 1. The van der Waals surface area contributed by atoms with Crippen molar-refractivity contribution in [2.45, 2.75) is 25.3 Å². The minimum atomic E-state index is -0.108. The lowest BCUT2D eigenvalue weighted by atomic mass is 9.93. The fraction of sp³-hybridized carbons (Fsp3) is 0.250. The van der Waals surface area contributed by atoms with Crippen molar-refractivity contribution in [3.05, 3.63) is 77.3 Å². The second-order valence-electron chi connectivity index (χ2n) is 8.31. The van der Waals surface area contributed by atoms with Gasteiger partial charge in [-0.25, -0.2) is 9.78 Å². The van der Waals surface area contributed by atoms with E-state index in [0.29, 0.717) is 35.8 Å². The molecule has 2 N–H and O–H groups in total. The topological polar surface area (TPSA) is 87.5 Å². The average molecular weight is 472 g/mol. The molecule has 5 rings (SSSR count). The van der Waals surface area contributed by atoms with Crippen molar-refractivity contribution in [1.29, 1.82) is 0 Å². The Labute approximate surface area is 203 Å². The van der Waals surface area contributed by atoms with Gasteiger partial charge < -0.3 is 15.5 Å². The average Bonchev–Trinajstić information content (AvgIpc) is 3.25. The van der Waals surface area contributed by atoms with Gasteiger partial charge in [0.15, 0.2) is 0 Å². The fourth-order valence-corrected chi connectivity index (χ4v) is 4.27. The van der Waals surface area contributed by atoms with Gasteiger partial charge in [0.1, 0.15) is 19.3 Å². The van der Waals surface area contributed by atoms with Gasteiger partial charge in [-0.2, -0.15) is 9.61 Å². The molecular formula is C24H23BClN7O. The van der Waals surface area contributed by atoms with E-state index < -0.39 is 0 Å². The number of aromatic nitrogens is 4. The number of likely N-dealkylation sites (tertiary alicyclic amines) is 1. The number of anilines is 2. The van der Waals surface area contributed by atoms with E-state index >= 15 is 0 Å². The quantitative estimate of drug-likeness (QED) is 0.434. The monoisotopic (exact) mass is 471 g/mol. The standard InChI is InChI=1S/C24H23BClN7O/c25-20-15-29-33-22(28-14-16-2-1-9-27-13-16)12-21(31-23(20)33)17-7-10-32(11-8-17)24(34)30-19-5-3-18(26)4-6-19/h1-6,9,12-13,15,17,28H,7-8,10-11,14H2,(H,30,34). The van der Waals surface area contributed by atoms with Gasteiger partial charge in [-0.3, -0.25) is 4.98 Å². The van der Waals surface area contributed by atoms with Crippen LogP contribution in [0.15, 0.2) is 61.1 Å². The molecule has 0 spiro atoms. The third-order valence-electron chi connectivity index (χ3n) is 6.01. The molecule has 1 aliphatic rings. The number of nitrogens with one attached hydrogen (secondary N) is 2. The van der Waals surface area contributed by atoms with Crippen LogP contribution in [0.1, 0.15) is 30.0 Å². The van der Waals surface area contributed by atoms with E-state index in [1.54, 1.807) is 41.2 Å². The highest BCUT2D eigenvalue weighted by atomic mass is 35.5. The van der Waals surface area contributed by atoms with Gasteiger partial charge >= 0.3 is 6.03 Å². The van der Waals surface area contributed by atoms with Gasteiger partial charge in [-0.1, -0.05) is 17.7 Å². The van der Waals surface area contributed by atoms with Crippen LogP contribution in [-0.2, 0) is 6.54 Å². The molecule has 0 atom stereocenters. The summed E-state index contributed by atoms with van der Waals surface area (Å²) in [6.45, 7) is 1.89.